The number of hydrogen-bond acceptors (Lipinski definition) is 8. The van der Waals surface area contributed by atoms with Gasteiger partial charge in [-0.25, -0.2) is 0 Å². The summed E-state index contributed by atoms with van der Waals surface area (Å²) in [6, 6.07) is -0.459. The van der Waals surface area contributed by atoms with Gasteiger partial charge in [0.25, 0.3) is 0 Å². The molecule has 4 N–H and O–H groups in total. The predicted octanol–water partition coefficient (Wildman–Crippen LogP) is -1.16. The Labute approximate surface area is 116 Å². The highest BCUT2D eigenvalue weighted by Gasteiger charge is 2.17. The average Bonchev–Trinajstić information content (AvgIpc) is 2.46. The molecule has 0 bridgehead atoms. The van der Waals surface area contributed by atoms with Crippen LogP contribution >= 0.6 is 0 Å². The SMILES string of the molecule is CNC(=O)C(C)Nc1nc(N)nc(N2CCOCC2)n1. The van der Waals surface area contributed by atoms with Crippen LogP contribution in [0.15, 0.2) is 0 Å². The molecule has 2 rings (SSSR count). The molecule has 9 heteroatoms. The number of carbonyl (C=O) groups is 1. The number of carbonyl (C=O) groups excluding carboxylic acids is 1. The average molecular weight is 281 g/mol. The highest BCUT2D eigenvalue weighted by atomic mass is 16.5. The van der Waals surface area contributed by atoms with Gasteiger partial charge in [0, 0.05) is 20.1 Å². The first-order valence-corrected chi connectivity index (χ1v) is 6.42. The van der Waals surface area contributed by atoms with E-state index in [1.54, 1.807) is 14.0 Å². The molecule has 0 spiro atoms. The summed E-state index contributed by atoms with van der Waals surface area (Å²) in [5.74, 6) is 0.743. The Morgan fingerprint density at radius 1 is 1.35 bits per heavy atom. The van der Waals surface area contributed by atoms with Crippen molar-refractivity contribution in [2.45, 2.75) is 13.0 Å². The molecule has 9 nitrogen and oxygen atoms in total. The van der Waals surface area contributed by atoms with Crippen LogP contribution in [0.1, 0.15) is 6.92 Å². The third kappa shape index (κ3) is 3.44. The van der Waals surface area contributed by atoms with Gasteiger partial charge in [0.15, 0.2) is 0 Å². The van der Waals surface area contributed by atoms with Crippen molar-refractivity contribution >= 4 is 23.8 Å². The molecule has 0 aliphatic carbocycles. The molecule has 20 heavy (non-hydrogen) atoms. The predicted molar refractivity (Wildman–Crippen MR) is 74.4 cm³/mol. The number of nitrogens with one attached hydrogen (secondary N) is 2. The molecule has 1 atom stereocenters. The van der Waals surface area contributed by atoms with Crippen LogP contribution in [-0.2, 0) is 9.53 Å². The Balaban J connectivity index is 2.13. The number of anilines is 3. The zero-order valence-electron chi connectivity index (χ0n) is 11.6. The second kappa shape index (κ2) is 6.33. The highest BCUT2D eigenvalue weighted by Crippen LogP contribution is 2.14. The molecule has 2 heterocycles. The fourth-order valence-corrected chi connectivity index (χ4v) is 1.83. The van der Waals surface area contributed by atoms with E-state index in [0.29, 0.717) is 32.3 Å². The Hall–Kier alpha value is -2.16. The van der Waals surface area contributed by atoms with Gasteiger partial charge in [0.2, 0.25) is 23.8 Å². The molecule has 1 aromatic rings. The standard InChI is InChI=1S/C11H19N7O2/c1-7(8(19)13-2)14-10-15-9(12)16-11(17-10)18-3-5-20-6-4-18/h7H,3-6H2,1-2H3,(H,13,19)(H3,12,14,15,16,17). The lowest BCUT2D eigenvalue weighted by molar-refractivity contribution is -0.121. The van der Waals surface area contributed by atoms with E-state index in [2.05, 4.69) is 25.6 Å². The molecule has 1 amide bonds. The van der Waals surface area contributed by atoms with Crippen molar-refractivity contribution in [3.8, 4) is 0 Å². The first kappa shape index (κ1) is 14.3. The Kier molecular flexibility index (Phi) is 4.51. The number of aromatic nitrogens is 3. The van der Waals surface area contributed by atoms with Crippen LogP contribution < -0.4 is 21.3 Å². The molecule has 1 aliphatic heterocycles. The summed E-state index contributed by atoms with van der Waals surface area (Å²) in [6.07, 6.45) is 0. The first-order valence-electron chi connectivity index (χ1n) is 6.42. The van der Waals surface area contributed by atoms with Gasteiger partial charge in [-0.15, -0.1) is 0 Å². The van der Waals surface area contributed by atoms with E-state index in [1.807, 2.05) is 4.90 Å². The third-order valence-corrected chi connectivity index (χ3v) is 2.92. The van der Waals surface area contributed by atoms with Crippen LogP contribution in [0, 0.1) is 0 Å². The van der Waals surface area contributed by atoms with Gasteiger partial charge < -0.3 is 26.0 Å². The van der Waals surface area contributed by atoms with Crippen molar-refractivity contribution in [2.24, 2.45) is 0 Å². The second-order valence-corrected chi connectivity index (χ2v) is 4.40. The number of amides is 1. The summed E-state index contributed by atoms with van der Waals surface area (Å²) < 4.78 is 5.28. The zero-order chi connectivity index (χ0) is 14.5. The van der Waals surface area contributed by atoms with Crippen LogP contribution in [0.5, 0.6) is 0 Å². The van der Waals surface area contributed by atoms with E-state index in [9.17, 15) is 4.79 Å². The monoisotopic (exact) mass is 281 g/mol. The van der Waals surface area contributed by atoms with Gasteiger partial charge >= 0.3 is 0 Å². The Morgan fingerprint density at radius 3 is 2.70 bits per heavy atom. The third-order valence-electron chi connectivity index (χ3n) is 2.92. The van der Waals surface area contributed by atoms with Gasteiger partial charge in [-0.3, -0.25) is 4.79 Å². The second-order valence-electron chi connectivity index (χ2n) is 4.40. The van der Waals surface area contributed by atoms with Crippen LogP contribution in [-0.4, -0.2) is 60.3 Å². The number of ether oxygens (including phenoxy) is 1. The Bertz CT molecular complexity index is 476. The number of nitrogen functional groups attached to an aromatic ring is 1. The lowest BCUT2D eigenvalue weighted by atomic mass is 10.3. The molecule has 110 valence electrons. The Morgan fingerprint density at radius 2 is 2.05 bits per heavy atom. The smallest absolute Gasteiger partial charge is 0.242 e. The summed E-state index contributed by atoms with van der Waals surface area (Å²) >= 11 is 0. The summed E-state index contributed by atoms with van der Waals surface area (Å²) in [5.41, 5.74) is 5.69. The number of hydrogen-bond donors (Lipinski definition) is 3. The van der Waals surface area contributed by atoms with E-state index in [1.165, 1.54) is 0 Å². The maximum atomic E-state index is 11.5. The van der Waals surface area contributed by atoms with E-state index in [4.69, 9.17) is 10.5 Å². The molecule has 1 aliphatic rings. The number of nitrogens with zero attached hydrogens (tertiary/aromatic N) is 4. The van der Waals surface area contributed by atoms with Crippen molar-refractivity contribution in [1.82, 2.24) is 20.3 Å². The summed E-state index contributed by atoms with van der Waals surface area (Å²) in [7, 11) is 1.57. The molecular weight excluding hydrogens is 262 g/mol. The first-order chi connectivity index (χ1) is 9.60. The van der Waals surface area contributed by atoms with E-state index < -0.39 is 6.04 Å². The number of likely N-dealkylation sites (N-methyl/N-ethyl adjacent to an activating group) is 1. The van der Waals surface area contributed by atoms with Crippen molar-refractivity contribution in [3.63, 3.8) is 0 Å². The molecular formula is C11H19N7O2. The maximum absolute atomic E-state index is 11.5. The summed E-state index contributed by atoms with van der Waals surface area (Å²) in [4.78, 5) is 25.9. The minimum Gasteiger partial charge on any atom is -0.378 e. The van der Waals surface area contributed by atoms with Gasteiger partial charge in [-0.1, -0.05) is 0 Å². The van der Waals surface area contributed by atoms with Crippen LogP contribution in [0.2, 0.25) is 0 Å². The van der Waals surface area contributed by atoms with E-state index >= 15 is 0 Å². The molecule has 0 aromatic carbocycles. The minimum atomic E-state index is -0.459. The van der Waals surface area contributed by atoms with Crippen LogP contribution in [0.25, 0.3) is 0 Å². The summed E-state index contributed by atoms with van der Waals surface area (Å²) in [5, 5.41) is 5.45. The fraction of sp³-hybridized carbons (Fsp3) is 0.636. The van der Waals surface area contributed by atoms with Gasteiger partial charge in [0.05, 0.1) is 13.2 Å². The van der Waals surface area contributed by atoms with Crippen molar-refractivity contribution in [3.05, 3.63) is 0 Å². The van der Waals surface area contributed by atoms with E-state index in [0.717, 1.165) is 0 Å². The summed E-state index contributed by atoms with van der Waals surface area (Å²) in [6.45, 7) is 4.38. The fourth-order valence-electron chi connectivity index (χ4n) is 1.83. The van der Waals surface area contributed by atoms with Gasteiger partial charge in [-0.2, -0.15) is 15.0 Å². The molecule has 0 saturated carbocycles. The topological polar surface area (TPSA) is 118 Å². The van der Waals surface area contributed by atoms with Crippen molar-refractivity contribution in [1.29, 1.82) is 0 Å². The lowest BCUT2D eigenvalue weighted by Gasteiger charge is -2.27. The normalized spacial score (nSPS) is 16.6. The maximum Gasteiger partial charge on any atom is 0.242 e. The quantitative estimate of drug-likeness (QED) is 0.632. The van der Waals surface area contributed by atoms with Gasteiger partial charge in [0.1, 0.15) is 6.04 Å². The van der Waals surface area contributed by atoms with Crippen molar-refractivity contribution < 1.29 is 9.53 Å². The van der Waals surface area contributed by atoms with Crippen LogP contribution in [0.4, 0.5) is 17.8 Å². The zero-order valence-corrected chi connectivity index (χ0v) is 11.6. The number of nitrogens with two attached hydrogens (primary N) is 1. The van der Waals surface area contributed by atoms with Gasteiger partial charge in [-0.05, 0) is 6.92 Å². The number of rotatable bonds is 4. The van der Waals surface area contributed by atoms with E-state index in [-0.39, 0.29) is 17.8 Å². The minimum absolute atomic E-state index is 0.119. The van der Waals surface area contributed by atoms with Crippen LogP contribution in [0.3, 0.4) is 0 Å². The number of morpholine rings is 1. The molecule has 0 radical (unpaired) electrons. The highest BCUT2D eigenvalue weighted by molar-refractivity contribution is 5.83. The molecule has 1 fully saturated rings. The molecule has 1 saturated heterocycles. The lowest BCUT2D eigenvalue weighted by Crippen LogP contribution is -2.38. The molecule has 1 unspecified atom stereocenters. The molecule has 1 aromatic heterocycles. The largest absolute Gasteiger partial charge is 0.378 e. The van der Waals surface area contributed by atoms with Crippen molar-refractivity contribution in [2.75, 3.05) is 49.3 Å².